The van der Waals surface area contributed by atoms with Crippen LogP contribution < -0.4 is 0 Å². The van der Waals surface area contributed by atoms with Gasteiger partial charge in [-0.05, 0) is 39.3 Å². The van der Waals surface area contributed by atoms with E-state index >= 15 is 0 Å². The summed E-state index contributed by atoms with van der Waals surface area (Å²) in [5.74, 6) is -0.690. The van der Waals surface area contributed by atoms with E-state index in [1.165, 1.54) is 12.2 Å². The van der Waals surface area contributed by atoms with Crippen molar-refractivity contribution in [2.45, 2.75) is 27.2 Å². The summed E-state index contributed by atoms with van der Waals surface area (Å²) >= 11 is 0. The molecular weight excluding hydrogens is 439 g/mol. The Bertz CT molecular complexity index is 647. The molecule has 0 aromatic rings. The maximum Gasteiger partial charge on any atom is 0.335 e. The highest BCUT2D eigenvalue weighted by Crippen LogP contribution is 2.33. The van der Waals surface area contributed by atoms with Crippen LogP contribution in [-0.2, 0) is 28.4 Å². The van der Waals surface area contributed by atoms with Crippen molar-refractivity contribution in [3.05, 3.63) is 37.5 Å². The van der Waals surface area contributed by atoms with Gasteiger partial charge in [0.25, 0.3) is 0 Å². The van der Waals surface area contributed by atoms with Gasteiger partial charge >= 0.3 is 13.6 Å². The molecular formula is C21H37N2O8P. The molecule has 0 unspecified atom stereocenters. The van der Waals surface area contributed by atoms with Crippen molar-refractivity contribution in [3.63, 3.8) is 0 Å². The molecule has 0 saturated carbocycles. The van der Waals surface area contributed by atoms with Crippen molar-refractivity contribution in [3.8, 4) is 0 Å². The van der Waals surface area contributed by atoms with Crippen LogP contribution >= 0.6 is 7.60 Å². The first-order valence-corrected chi connectivity index (χ1v) is 12.1. The Morgan fingerprint density at radius 2 is 1.44 bits per heavy atom. The lowest BCUT2D eigenvalue weighted by atomic mass is 10.3. The van der Waals surface area contributed by atoms with E-state index in [0.717, 1.165) is 6.42 Å². The van der Waals surface area contributed by atoms with Crippen LogP contribution in [0.5, 0.6) is 0 Å². The number of esters is 1. The Morgan fingerprint density at radius 1 is 0.969 bits per heavy atom. The van der Waals surface area contributed by atoms with Crippen LogP contribution in [0.25, 0.3) is 0 Å². The zero-order valence-corrected chi connectivity index (χ0v) is 20.2. The zero-order chi connectivity index (χ0) is 25.2. The summed E-state index contributed by atoms with van der Waals surface area (Å²) in [6, 6.07) is 0. The Morgan fingerprint density at radius 3 is 1.78 bits per heavy atom. The average molecular weight is 477 g/mol. The molecule has 2 N–H and O–H groups in total. The third-order valence-electron chi connectivity index (χ3n) is 3.96. The van der Waals surface area contributed by atoms with E-state index in [2.05, 4.69) is 24.5 Å². The monoisotopic (exact) mass is 476 g/mol. The second-order valence-electron chi connectivity index (χ2n) is 6.36. The molecule has 0 aromatic carbocycles. The quantitative estimate of drug-likeness (QED) is 0.158. The van der Waals surface area contributed by atoms with Crippen LogP contribution in [0.15, 0.2) is 37.5 Å². The lowest BCUT2D eigenvalue weighted by Gasteiger charge is -2.23. The van der Waals surface area contributed by atoms with Gasteiger partial charge in [0.15, 0.2) is 0 Å². The van der Waals surface area contributed by atoms with Crippen molar-refractivity contribution in [2.75, 3.05) is 52.2 Å². The van der Waals surface area contributed by atoms with Crippen molar-refractivity contribution < 1.29 is 38.2 Å². The largest absolute Gasteiger partial charge is 0.463 e. The fourth-order valence-corrected chi connectivity index (χ4v) is 2.60. The number of nitrogens with zero attached hydrogens (tertiary/aromatic N) is 2. The molecule has 0 saturated heterocycles. The fourth-order valence-electron chi connectivity index (χ4n) is 2.23. The van der Waals surface area contributed by atoms with Gasteiger partial charge in [0, 0.05) is 26.2 Å². The SMILES string of the molecule is C=C(COCCP(=O)(O)O)C(=O)OCC.C=CC(=O)N(CC)CCCN(CC)C(=O)C=C. The van der Waals surface area contributed by atoms with Crippen LogP contribution in [0.2, 0.25) is 0 Å². The number of carbonyl (C=O) groups is 3. The van der Waals surface area contributed by atoms with Crippen LogP contribution in [-0.4, -0.2) is 89.5 Å². The van der Waals surface area contributed by atoms with Gasteiger partial charge in [-0.15, -0.1) is 0 Å². The van der Waals surface area contributed by atoms with Crippen molar-refractivity contribution >= 4 is 25.4 Å². The minimum Gasteiger partial charge on any atom is -0.463 e. The number of likely N-dealkylation sites (N-methyl/N-ethyl adjacent to an activating group) is 2. The van der Waals surface area contributed by atoms with E-state index in [1.807, 2.05) is 13.8 Å². The second-order valence-corrected chi connectivity index (χ2v) is 8.14. The number of hydrogen-bond acceptors (Lipinski definition) is 6. The molecule has 0 aromatic heterocycles. The molecule has 0 radical (unpaired) electrons. The van der Waals surface area contributed by atoms with E-state index in [0.29, 0.717) is 26.2 Å². The highest BCUT2D eigenvalue weighted by Gasteiger charge is 2.13. The summed E-state index contributed by atoms with van der Waals surface area (Å²) < 4.78 is 19.9. The molecule has 0 atom stereocenters. The van der Waals surface area contributed by atoms with E-state index < -0.39 is 13.6 Å². The number of rotatable bonds is 15. The Labute approximate surface area is 190 Å². The molecule has 0 heterocycles. The third kappa shape index (κ3) is 16.4. The molecule has 0 spiro atoms. The molecule has 2 amide bonds. The van der Waals surface area contributed by atoms with Gasteiger partial charge in [0.05, 0.1) is 31.6 Å². The van der Waals surface area contributed by atoms with E-state index in [-0.39, 0.29) is 43.4 Å². The zero-order valence-electron chi connectivity index (χ0n) is 19.3. The third-order valence-corrected chi connectivity index (χ3v) is 4.72. The maximum absolute atomic E-state index is 11.4. The van der Waals surface area contributed by atoms with Crippen LogP contribution in [0.1, 0.15) is 27.2 Å². The summed E-state index contributed by atoms with van der Waals surface area (Å²) in [5.41, 5.74) is 0.127. The Balaban J connectivity index is 0. The highest BCUT2D eigenvalue weighted by atomic mass is 31.2. The molecule has 0 aliphatic rings. The van der Waals surface area contributed by atoms with Gasteiger partial charge in [0.2, 0.25) is 11.8 Å². The minimum atomic E-state index is -4.03. The lowest BCUT2D eigenvalue weighted by molar-refractivity contribution is -0.139. The summed E-state index contributed by atoms with van der Waals surface area (Å²) in [5, 5.41) is 0. The van der Waals surface area contributed by atoms with E-state index in [9.17, 15) is 18.9 Å². The number of hydrogen-bond donors (Lipinski definition) is 2. The maximum atomic E-state index is 11.4. The van der Waals surface area contributed by atoms with Gasteiger partial charge in [-0.2, -0.15) is 0 Å². The Hall–Kier alpha value is -2.26. The smallest absolute Gasteiger partial charge is 0.335 e. The van der Waals surface area contributed by atoms with Crippen LogP contribution in [0, 0.1) is 0 Å². The minimum absolute atomic E-state index is 0.0643. The second kappa shape index (κ2) is 18.3. The summed E-state index contributed by atoms with van der Waals surface area (Å²) in [6.45, 7) is 18.5. The standard InChI is InChI=1S/C13H22N2O2.C8H15O6P/c1-5-12(16)14(7-3)10-9-11-15(8-4)13(17)6-2;1-3-14-8(9)7(2)6-13-4-5-15(10,11)12/h5-6H,1-2,7-11H2,3-4H3;2-6H2,1H3,(H2,10,11,12). The van der Waals surface area contributed by atoms with Gasteiger partial charge in [0.1, 0.15) is 0 Å². The van der Waals surface area contributed by atoms with Crippen LogP contribution in [0.3, 0.4) is 0 Å². The van der Waals surface area contributed by atoms with Gasteiger partial charge in [-0.1, -0.05) is 19.7 Å². The molecule has 0 fully saturated rings. The highest BCUT2D eigenvalue weighted by molar-refractivity contribution is 7.51. The molecule has 0 aliphatic carbocycles. The molecule has 0 rings (SSSR count). The summed E-state index contributed by atoms with van der Waals surface area (Å²) in [6.07, 6.45) is 3.02. The summed E-state index contributed by atoms with van der Waals surface area (Å²) in [4.78, 5) is 54.2. The van der Waals surface area contributed by atoms with Gasteiger partial charge in [-0.3, -0.25) is 14.2 Å². The number of carbonyl (C=O) groups excluding carboxylic acids is 3. The van der Waals surface area contributed by atoms with E-state index in [4.69, 9.17) is 14.5 Å². The molecule has 10 nitrogen and oxygen atoms in total. The molecule has 0 aliphatic heterocycles. The normalized spacial score (nSPS) is 10.3. The molecule has 0 bridgehead atoms. The van der Waals surface area contributed by atoms with Gasteiger partial charge in [-0.25, -0.2) is 4.79 Å². The Kier molecular flexibility index (Phi) is 18.3. The first-order valence-electron chi connectivity index (χ1n) is 10.3. The summed E-state index contributed by atoms with van der Waals surface area (Å²) in [7, 11) is -4.03. The molecule has 184 valence electrons. The predicted molar refractivity (Wildman–Crippen MR) is 123 cm³/mol. The first-order chi connectivity index (χ1) is 15.0. The molecule has 32 heavy (non-hydrogen) atoms. The number of ether oxygens (including phenoxy) is 2. The average Bonchev–Trinajstić information content (AvgIpc) is 2.75. The lowest BCUT2D eigenvalue weighted by Crippen LogP contribution is -2.35. The van der Waals surface area contributed by atoms with Crippen molar-refractivity contribution in [1.82, 2.24) is 9.80 Å². The fraction of sp³-hybridized carbons (Fsp3) is 0.571. The topological polar surface area (TPSA) is 134 Å². The van der Waals surface area contributed by atoms with Crippen molar-refractivity contribution in [1.29, 1.82) is 0 Å². The number of amides is 2. The van der Waals surface area contributed by atoms with Gasteiger partial charge < -0.3 is 29.1 Å². The molecule has 11 heteroatoms. The first kappa shape index (κ1) is 31.9. The van der Waals surface area contributed by atoms with E-state index in [1.54, 1.807) is 16.7 Å². The predicted octanol–water partition coefficient (Wildman–Crippen LogP) is 1.75. The van der Waals surface area contributed by atoms with Crippen LogP contribution in [0.4, 0.5) is 0 Å². The van der Waals surface area contributed by atoms with Crippen molar-refractivity contribution in [2.24, 2.45) is 0 Å².